The summed E-state index contributed by atoms with van der Waals surface area (Å²) < 4.78 is 0. The molecule has 2 heterocycles. The molecule has 1 aliphatic heterocycles. The standard InChI is InChI=1S/C17H18N2O3/c1-11-3-2-4-12-5-8-18-15(14(11)12)16(20)19-9-6-13(7-10-19)17(21)22/h2-5,8,13H,6-7,9-10H2,1H3,(H,21,22). The smallest absolute Gasteiger partial charge is 0.306 e. The Morgan fingerprint density at radius 2 is 1.95 bits per heavy atom. The first-order valence-corrected chi connectivity index (χ1v) is 7.44. The lowest BCUT2D eigenvalue weighted by Gasteiger charge is -2.30. The summed E-state index contributed by atoms with van der Waals surface area (Å²) in [5.74, 6) is -1.22. The van der Waals surface area contributed by atoms with Crippen LogP contribution in [0.4, 0.5) is 0 Å². The van der Waals surface area contributed by atoms with Crippen LogP contribution in [0.1, 0.15) is 28.9 Å². The normalized spacial score (nSPS) is 16.0. The van der Waals surface area contributed by atoms with Gasteiger partial charge in [-0.25, -0.2) is 0 Å². The maximum Gasteiger partial charge on any atom is 0.306 e. The van der Waals surface area contributed by atoms with Gasteiger partial charge in [-0.2, -0.15) is 0 Å². The fraction of sp³-hybridized carbons (Fsp3) is 0.353. The average molecular weight is 298 g/mol. The Bertz CT molecular complexity index is 729. The Morgan fingerprint density at radius 3 is 2.64 bits per heavy atom. The fourth-order valence-corrected chi connectivity index (χ4v) is 3.05. The number of piperidine rings is 1. The van der Waals surface area contributed by atoms with E-state index in [0.717, 1.165) is 16.3 Å². The lowest BCUT2D eigenvalue weighted by Crippen LogP contribution is -2.40. The number of amides is 1. The van der Waals surface area contributed by atoms with Crippen molar-refractivity contribution in [1.29, 1.82) is 0 Å². The van der Waals surface area contributed by atoms with Crippen LogP contribution in [0.25, 0.3) is 10.8 Å². The van der Waals surface area contributed by atoms with Crippen LogP contribution < -0.4 is 0 Å². The number of fused-ring (bicyclic) bond motifs is 1. The van der Waals surface area contributed by atoms with E-state index in [1.54, 1.807) is 11.1 Å². The molecule has 0 unspecified atom stereocenters. The van der Waals surface area contributed by atoms with Gasteiger partial charge in [-0.3, -0.25) is 14.6 Å². The third-order valence-electron chi connectivity index (χ3n) is 4.33. The number of carbonyl (C=O) groups excluding carboxylic acids is 1. The fourth-order valence-electron chi connectivity index (χ4n) is 3.05. The van der Waals surface area contributed by atoms with E-state index in [-0.39, 0.29) is 11.8 Å². The molecule has 22 heavy (non-hydrogen) atoms. The van der Waals surface area contributed by atoms with Crippen molar-refractivity contribution in [3.8, 4) is 0 Å². The minimum absolute atomic E-state index is 0.108. The number of carbonyl (C=O) groups is 2. The Balaban J connectivity index is 1.89. The van der Waals surface area contributed by atoms with Gasteiger partial charge in [-0.05, 0) is 36.8 Å². The molecule has 1 aromatic heterocycles. The van der Waals surface area contributed by atoms with Gasteiger partial charge in [-0.15, -0.1) is 0 Å². The number of hydrogen-bond donors (Lipinski definition) is 1. The molecule has 0 aliphatic carbocycles. The van der Waals surface area contributed by atoms with E-state index in [4.69, 9.17) is 5.11 Å². The zero-order valence-electron chi connectivity index (χ0n) is 12.5. The van der Waals surface area contributed by atoms with Crippen LogP contribution in [0.15, 0.2) is 30.5 Å². The molecule has 0 radical (unpaired) electrons. The van der Waals surface area contributed by atoms with Crippen molar-refractivity contribution in [2.75, 3.05) is 13.1 Å². The number of rotatable bonds is 2. The second-order valence-corrected chi connectivity index (χ2v) is 5.74. The van der Waals surface area contributed by atoms with Gasteiger partial charge in [-0.1, -0.05) is 18.2 Å². The van der Waals surface area contributed by atoms with E-state index in [1.807, 2.05) is 31.2 Å². The van der Waals surface area contributed by atoms with Crippen molar-refractivity contribution < 1.29 is 14.7 Å². The van der Waals surface area contributed by atoms with Gasteiger partial charge in [0.2, 0.25) is 0 Å². The zero-order valence-corrected chi connectivity index (χ0v) is 12.5. The summed E-state index contributed by atoms with van der Waals surface area (Å²) in [6.45, 7) is 2.91. The van der Waals surface area contributed by atoms with Crippen molar-refractivity contribution in [2.24, 2.45) is 5.92 Å². The third-order valence-corrected chi connectivity index (χ3v) is 4.33. The first kappa shape index (κ1) is 14.5. The van der Waals surface area contributed by atoms with Crippen molar-refractivity contribution >= 4 is 22.6 Å². The summed E-state index contributed by atoms with van der Waals surface area (Å²) in [4.78, 5) is 29.8. The third kappa shape index (κ3) is 2.54. The zero-order chi connectivity index (χ0) is 15.7. The first-order chi connectivity index (χ1) is 10.6. The van der Waals surface area contributed by atoms with Crippen LogP contribution >= 0.6 is 0 Å². The molecule has 1 amide bonds. The van der Waals surface area contributed by atoms with E-state index in [9.17, 15) is 9.59 Å². The number of pyridine rings is 1. The molecule has 1 saturated heterocycles. The van der Waals surface area contributed by atoms with Gasteiger partial charge >= 0.3 is 5.97 Å². The molecule has 2 aromatic rings. The summed E-state index contributed by atoms with van der Waals surface area (Å²) >= 11 is 0. The monoisotopic (exact) mass is 298 g/mol. The van der Waals surface area contributed by atoms with Crippen LogP contribution in [0.2, 0.25) is 0 Å². The van der Waals surface area contributed by atoms with E-state index in [2.05, 4.69) is 4.98 Å². The molecule has 0 saturated carbocycles. The Kier molecular flexibility index (Phi) is 3.79. The van der Waals surface area contributed by atoms with Crippen LogP contribution in [0.3, 0.4) is 0 Å². The summed E-state index contributed by atoms with van der Waals surface area (Å²) in [5.41, 5.74) is 1.48. The summed E-state index contributed by atoms with van der Waals surface area (Å²) in [6, 6.07) is 7.80. The van der Waals surface area contributed by atoms with Crippen LogP contribution in [0, 0.1) is 12.8 Å². The highest BCUT2D eigenvalue weighted by atomic mass is 16.4. The molecule has 0 atom stereocenters. The van der Waals surface area contributed by atoms with Gasteiger partial charge in [0.15, 0.2) is 0 Å². The Hall–Kier alpha value is -2.43. The maximum absolute atomic E-state index is 12.8. The lowest BCUT2D eigenvalue weighted by atomic mass is 9.96. The topological polar surface area (TPSA) is 70.5 Å². The molecule has 1 fully saturated rings. The number of carboxylic acid groups (broad SMARTS) is 1. The SMILES string of the molecule is Cc1cccc2ccnc(C(=O)N3CCC(C(=O)O)CC3)c12. The van der Waals surface area contributed by atoms with Crippen molar-refractivity contribution in [3.05, 3.63) is 41.7 Å². The molecule has 0 bridgehead atoms. The molecule has 1 aromatic carbocycles. The number of aliphatic carboxylic acids is 1. The van der Waals surface area contributed by atoms with Gasteiger partial charge < -0.3 is 10.0 Å². The Morgan fingerprint density at radius 1 is 1.23 bits per heavy atom. The van der Waals surface area contributed by atoms with Crippen molar-refractivity contribution in [3.63, 3.8) is 0 Å². The number of aryl methyl sites for hydroxylation is 1. The minimum Gasteiger partial charge on any atom is -0.481 e. The average Bonchev–Trinajstić information content (AvgIpc) is 2.54. The highest BCUT2D eigenvalue weighted by Gasteiger charge is 2.28. The molecule has 1 N–H and O–H groups in total. The number of benzene rings is 1. The van der Waals surface area contributed by atoms with Crippen molar-refractivity contribution in [1.82, 2.24) is 9.88 Å². The van der Waals surface area contributed by atoms with Gasteiger partial charge in [0, 0.05) is 24.7 Å². The van der Waals surface area contributed by atoms with Crippen LogP contribution in [-0.2, 0) is 4.79 Å². The largest absolute Gasteiger partial charge is 0.481 e. The second-order valence-electron chi connectivity index (χ2n) is 5.74. The highest BCUT2D eigenvalue weighted by Crippen LogP contribution is 2.24. The molecule has 114 valence electrons. The number of carboxylic acids is 1. The quantitative estimate of drug-likeness (QED) is 0.924. The second kappa shape index (κ2) is 5.75. The molecule has 5 nitrogen and oxygen atoms in total. The van der Waals surface area contributed by atoms with E-state index in [0.29, 0.717) is 31.6 Å². The molecule has 5 heteroatoms. The molecular weight excluding hydrogens is 280 g/mol. The van der Waals surface area contributed by atoms with Gasteiger partial charge in [0.05, 0.1) is 5.92 Å². The van der Waals surface area contributed by atoms with Crippen LogP contribution in [0.5, 0.6) is 0 Å². The summed E-state index contributed by atoms with van der Waals surface area (Å²) in [7, 11) is 0. The number of aromatic nitrogens is 1. The number of likely N-dealkylation sites (tertiary alicyclic amines) is 1. The predicted molar refractivity (Wildman–Crippen MR) is 82.7 cm³/mol. The molecule has 0 spiro atoms. The molecular formula is C17H18N2O3. The minimum atomic E-state index is -0.772. The highest BCUT2D eigenvalue weighted by molar-refractivity contribution is 6.06. The number of hydrogen-bond acceptors (Lipinski definition) is 3. The van der Waals surface area contributed by atoms with Crippen LogP contribution in [-0.4, -0.2) is 40.0 Å². The van der Waals surface area contributed by atoms with Gasteiger partial charge in [0.1, 0.15) is 5.69 Å². The van der Waals surface area contributed by atoms with Gasteiger partial charge in [0.25, 0.3) is 5.91 Å². The molecule has 3 rings (SSSR count). The summed E-state index contributed by atoms with van der Waals surface area (Å²) in [6.07, 6.45) is 2.66. The predicted octanol–water partition coefficient (Wildman–Crippen LogP) is 2.48. The van der Waals surface area contributed by atoms with E-state index >= 15 is 0 Å². The van der Waals surface area contributed by atoms with Crippen molar-refractivity contribution in [2.45, 2.75) is 19.8 Å². The van der Waals surface area contributed by atoms with E-state index < -0.39 is 5.97 Å². The number of nitrogens with zero attached hydrogens (tertiary/aromatic N) is 2. The van der Waals surface area contributed by atoms with E-state index in [1.165, 1.54) is 0 Å². The maximum atomic E-state index is 12.8. The Labute approximate surface area is 128 Å². The first-order valence-electron chi connectivity index (χ1n) is 7.44. The summed E-state index contributed by atoms with van der Waals surface area (Å²) in [5, 5.41) is 10.9. The molecule has 1 aliphatic rings. The lowest BCUT2D eigenvalue weighted by molar-refractivity contribution is -0.143.